The number of halogens is 1. The normalized spacial score (nSPS) is 25.1. The van der Waals surface area contributed by atoms with Gasteiger partial charge in [0.15, 0.2) is 0 Å². The van der Waals surface area contributed by atoms with E-state index in [0.717, 1.165) is 0 Å². The SMILES string of the molecule is CC1CN(S(=O)(=O)c2ccc(F)cc2)CC1N(C)C. The monoisotopic (exact) mass is 286 g/mol. The van der Waals surface area contributed by atoms with E-state index in [9.17, 15) is 12.8 Å². The second-order valence-electron chi connectivity index (χ2n) is 5.28. The molecule has 1 saturated heterocycles. The molecule has 0 radical (unpaired) electrons. The van der Waals surface area contributed by atoms with Crippen molar-refractivity contribution in [2.24, 2.45) is 5.92 Å². The summed E-state index contributed by atoms with van der Waals surface area (Å²) >= 11 is 0. The predicted molar refractivity (Wildman–Crippen MR) is 71.8 cm³/mol. The first-order valence-corrected chi connectivity index (χ1v) is 7.68. The first-order valence-electron chi connectivity index (χ1n) is 6.24. The summed E-state index contributed by atoms with van der Waals surface area (Å²) in [7, 11) is 0.392. The molecular weight excluding hydrogens is 267 g/mol. The molecule has 106 valence electrons. The fourth-order valence-corrected chi connectivity index (χ4v) is 4.09. The van der Waals surface area contributed by atoms with Crippen LogP contribution in [0.4, 0.5) is 4.39 Å². The fourth-order valence-electron chi connectivity index (χ4n) is 2.53. The minimum absolute atomic E-state index is 0.153. The van der Waals surface area contributed by atoms with Crippen molar-refractivity contribution in [1.29, 1.82) is 0 Å². The van der Waals surface area contributed by atoms with E-state index in [1.54, 1.807) is 0 Å². The number of hydrogen-bond donors (Lipinski definition) is 0. The molecule has 0 bridgehead atoms. The second-order valence-corrected chi connectivity index (χ2v) is 7.22. The van der Waals surface area contributed by atoms with Crippen molar-refractivity contribution in [3.63, 3.8) is 0 Å². The lowest BCUT2D eigenvalue weighted by Gasteiger charge is -2.22. The van der Waals surface area contributed by atoms with Crippen molar-refractivity contribution in [1.82, 2.24) is 9.21 Å². The van der Waals surface area contributed by atoms with Gasteiger partial charge in [-0.2, -0.15) is 4.31 Å². The molecule has 1 aliphatic rings. The third-order valence-corrected chi connectivity index (χ3v) is 5.50. The first-order chi connectivity index (χ1) is 8.82. The van der Waals surface area contributed by atoms with Gasteiger partial charge < -0.3 is 4.90 Å². The van der Waals surface area contributed by atoms with Crippen LogP contribution in [0.15, 0.2) is 29.2 Å². The summed E-state index contributed by atoms with van der Waals surface area (Å²) in [6.07, 6.45) is 0. The van der Waals surface area contributed by atoms with Crippen LogP contribution in [0.2, 0.25) is 0 Å². The lowest BCUT2D eigenvalue weighted by Crippen LogP contribution is -2.35. The maximum absolute atomic E-state index is 12.9. The van der Waals surface area contributed by atoms with Crippen LogP contribution in [0.5, 0.6) is 0 Å². The molecular formula is C13H19FN2O2S. The Morgan fingerprint density at radius 2 is 1.79 bits per heavy atom. The van der Waals surface area contributed by atoms with Crippen molar-refractivity contribution >= 4 is 10.0 Å². The van der Waals surface area contributed by atoms with Gasteiger partial charge in [-0.15, -0.1) is 0 Å². The van der Waals surface area contributed by atoms with Gasteiger partial charge in [-0.25, -0.2) is 12.8 Å². The number of hydrogen-bond acceptors (Lipinski definition) is 3. The summed E-state index contributed by atoms with van der Waals surface area (Å²) in [5.74, 6) is -0.148. The number of likely N-dealkylation sites (N-methyl/N-ethyl adjacent to an activating group) is 1. The zero-order valence-electron chi connectivity index (χ0n) is 11.4. The molecule has 2 rings (SSSR count). The molecule has 1 aromatic carbocycles. The van der Waals surface area contributed by atoms with Gasteiger partial charge in [0.25, 0.3) is 0 Å². The van der Waals surface area contributed by atoms with Gasteiger partial charge in [0.05, 0.1) is 4.90 Å². The lowest BCUT2D eigenvalue weighted by atomic mass is 10.1. The highest BCUT2D eigenvalue weighted by Crippen LogP contribution is 2.26. The Bertz CT molecular complexity index is 542. The molecule has 6 heteroatoms. The van der Waals surface area contributed by atoms with E-state index in [1.165, 1.54) is 28.6 Å². The molecule has 0 spiro atoms. The molecule has 2 atom stereocenters. The zero-order valence-corrected chi connectivity index (χ0v) is 12.2. The van der Waals surface area contributed by atoms with Crippen LogP contribution < -0.4 is 0 Å². The van der Waals surface area contributed by atoms with Gasteiger partial charge in [-0.05, 0) is 44.3 Å². The molecule has 1 aromatic rings. The topological polar surface area (TPSA) is 40.6 Å². The minimum atomic E-state index is -3.51. The molecule has 1 aliphatic heterocycles. The molecule has 0 amide bonds. The van der Waals surface area contributed by atoms with Gasteiger partial charge in [-0.3, -0.25) is 0 Å². The first kappa shape index (κ1) is 14.4. The minimum Gasteiger partial charge on any atom is -0.305 e. The molecule has 0 aliphatic carbocycles. The summed E-state index contributed by atoms with van der Waals surface area (Å²) in [6.45, 7) is 3.03. The molecule has 0 aromatic heterocycles. The second kappa shape index (κ2) is 5.19. The average Bonchev–Trinajstić information content (AvgIpc) is 2.72. The van der Waals surface area contributed by atoms with Crippen molar-refractivity contribution in [2.45, 2.75) is 17.9 Å². The van der Waals surface area contributed by atoms with Gasteiger partial charge in [-0.1, -0.05) is 6.92 Å². The summed E-state index contributed by atoms with van der Waals surface area (Å²) in [5.41, 5.74) is 0. The van der Waals surface area contributed by atoms with Crippen LogP contribution in [0.3, 0.4) is 0 Å². The van der Waals surface area contributed by atoms with E-state index < -0.39 is 15.8 Å². The molecule has 4 nitrogen and oxygen atoms in total. The van der Waals surface area contributed by atoms with Crippen molar-refractivity contribution < 1.29 is 12.8 Å². The van der Waals surface area contributed by atoms with Crippen LogP contribution in [0, 0.1) is 11.7 Å². The Morgan fingerprint density at radius 3 is 2.26 bits per heavy atom. The average molecular weight is 286 g/mol. The van der Waals surface area contributed by atoms with Crippen LogP contribution in [-0.4, -0.2) is 50.8 Å². The highest BCUT2D eigenvalue weighted by Gasteiger charge is 2.37. The van der Waals surface area contributed by atoms with Crippen LogP contribution >= 0.6 is 0 Å². The quantitative estimate of drug-likeness (QED) is 0.843. The van der Waals surface area contributed by atoms with E-state index in [2.05, 4.69) is 0 Å². The van der Waals surface area contributed by atoms with Crippen molar-refractivity contribution in [3.8, 4) is 0 Å². The zero-order chi connectivity index (χ0) is 14.2. The Labute approximate surface area is 113 Å². The predicted octanol–water partition coefficient (Wildman–Crippen LogP) is 1.40. The molecule has 1 heterocycles. The highest BCUT2D eigenvalue weighted by molar-refractivity contribution is 7.89. The third-order valence-electron chi connectivity index (χ3n) is 3.65. The van der Waals surface area contributed by atoms with Gasteiger partial charge in [0.2, 0.25) is 10.0 Å². The number of sulfonamides is 1. The van der Waals surface area contributed by atoms with Crippen LogP contribution in [-0.2, 0) is 10.0 Å². The smallest absolute Gasteiger partial charge is 0.243 e. The largest absolute Gasteiger partial charge is 0.305 e. The fraction of sp³-hybridized carbons (Fsp3) is 0.538. The lowest BCUT2D eigenvalue weighted by molar-refractivity contribution is 0.263. The number of rotatable bonds is 3. The summed E-state index contributed by atoms with van der Waals surface area (Å²) < 4.78 is 39.2. The van der Waals surface area contributed by atoms with Gasteiger partial charge in [0.1, 0.15) is 5.82 Å². The van der Waals surface area contributed by atoms with Crippen LogP contribution in [0.25, 0.3) is 0 Å². The van der Waals surface area contributed by atoms with E-state index in [0.29, 0.717) is 13.1 Å². The van der Waals surface area contributed by atoms with E-state index in [4.69, 9.17) is 0 Å². The Hall–Kier alpha value is -0.980. The Balaban J connectivity index is 2.24. The van der Waals surface area contributed by atoms with E-state index in [1.807, 2.05) is 25.9 Å². The summed E-state index contributed by atoms with van der Waals surface area (Å²) in [6, 6.07) is 5.21. The maximum Gasteiger partial charge on any atom is 0.243 e. The van der Waals surface area contributed by atoms with Crippen molar-refractivity contribution in [3.05, 3.63) is 30.1 Å². The Kier molecular flexibility index (Phi) is 3.94. The molecule has 19 heavy (non-hydrogen) atoms. The van der Waals surface area contributed by atoms with Crippen molar-refractivity contribution in [2.75, 3.05) is 27.2 Å². The summed E-state index contributed by atoms with van der Waals surface area (Å²) in [5, 5.41) is 0. The highest BCUT2D eigenvalue weighted by atomic mass is 32.2. The number of benzene rings is 1. The molecule has 0 saturated carbocycles. The molecule has 0 N–H and O–H groups in total. The van der Waals surface area contributed by atoms with E-state index >= 15 is 0 Å². The van der Waals surface area contributed by atoms with Gasteiger partial charge in [0, 0.05) is 19.1 Å². The Morgan fingerprint density at radius 1 is 1.21 bits per heavy atom. The number of nitrogens with zero attached hydrogens (tertiary/aromatic N) is 2. The van der Waals surface area contributed by atoms with Gasteiger partial charge >= 0.3 is 0 Å². The molecule has 1 fully saturated rings. The third kappa shape index (κ3) is 2.80. The van der Waals surface area contributed by atoms with Crippen LogP contribution in [0.1, 0.15) is 6.92 Å². The summed E-state index contributed by atoms with van der Waals surface area (Å²) in [4.78, 5) is 2.20. The maximum atomic E-state index is 12.9. The molecule has 2 unspecified atom stereocenters. The standard InChI is InChI=1S/C13H19FN2O2S/c1-10-8-16(9-13(10)15(2)3)19(17,18)12-6-4-11(14)5-7-12/h4-7,10,13H,8-9H2,1-3H3. The van der Waals surface area contributed by atoms with E-state index in [-0.39, 0.29) is 16.9 Å².